The van der Waals surface area contributed by atoms with Crippen LogP contribution in [0.3, 0.4) is 0 Å². The molecular formula is C32H36N4O6S. The van der Waals surface area contributed by atoms with E-state index in [-0.39, 0.29) is 16.3 Å². The molecule has 1 aromatic heterocycles. The van der Waals surface area contributed by atoms with Crippen molar-refractivity contribution in [1.82, 2.24) is 9.99 Å². The van der Waals surface area contributed by atoms with E-state index in [0.29, 0.717) is 11.5 Å². The van der Waals surface area contributed by atoms with Gasteiger partial charge in [-0.25, -0.2) is 13.8 Å². The number of sulfonamides is 1. The Bertz CT molecular complexity index is 1760. The maximum atomic E-state index is 13.8. The number of aryl methyl sites for hydroxylation is 3. The zero-order chi connectivity index (χ0) is 31.3. The van der Waals surface area contributed by atoms with Gasteiger partial charge in [0.15, 0.2) is 11.5 Å². The lowest BCUT2D eigenvalue weighted by atomic mass is 10.1. The van der Waals surface area contributed by atoms with E-state index in [2.05, 4.69) is 47.1 Å². The molecule has 0 saturated carbocycles. The lowest BCUT2D eigenvalue weighted by Gasteiger charge is -2.24. The molecule has 1 N–H and O–H groups in total. The summed E-state index contributed by atoms with van der Waals surface area (Å²) in [6.45, 7) is 7.61. The highest BCUT2D eigenvalue weighted by molar-refractivity contribution is 7.92. The van der Waals surface area contributed by atoms with Crippen molar-refractivity contribution in [2.75, 3.05) is 32.2 Å². The average molecular weight is 605 g/mol. The average Bonchev–Trinajstić information content (AvgIpc) is 3.29. The number of aromatic nitrogens is 1. The maximum absolute atomic E-state index is 13.8. The summed E-state index contributed by atoms with van der Waals surface area (Å²) >= 11 is 0. The van der Waals surface area contributed by atoms with Gasteiger partial charge in [0, 0.05) is 28.7 Å². The van der Waals surface area contributed by atoms with Gasteiger partial charge in [0.25, 0.3) is 15.9 Å². The van der Waals surface area contributed by atoms with Gasteiger partial charge in [-0.3, -0.25) is 9.10 Å². The van der Waals surface area contributed by atoms with Crippen LogP contribution in [0.4, 0.5) is 5.69 Å². The normalized spacial score (nSPS) is 11.4. The lowest BCUT2D eigenvalue weighted by molar-refractivity contribution is -0.119. The third kappa shape index (κ3) is 6.67. The molecule has 0 aliphatic rings. The van der Waals surface area contributed by atoms with Crippen LogP contribution in [0.2, 0.25) is 0 Å². The molecule has 11 heteroatoms. The molecule has 0 fully saturated rings. The van der Waals surface area contributed by atoms with Gasteiger partial charge < -0.3 is 18.8 Å². The van der Waals surface area contributed by atoms with Crippen molar-refractivity contribution < 1.29 is 27.4 Å². The molecule has 43 heavy (non-hydrogen) atoms. The van der Waals surface area contributed by atoms with Crippen molar-refractivity contribution in [3.05, 3.63) is 94.8 Å². The molecule has 0 unspecified atom stereocenters. The number of ether oxygens (including phenoxy) is 3. The van der Waals surface area contributed by atoms with Crippen molar-refractivity contribution in [2.45, 2.75) is 32.6 Å². The minimum atomic E-state index is -4.21. The highest BCUT2D eigenvalue weighted by Gasteiger charge is 2.28. The van der Waals surface area contributed by atoms with E-state index in [0.717, 1.165) is 26.9 Å². The summed E-state index contributed by atoms with van der Waals surface area (Å²) in [7, 11) is 0.180. The fraction of sp³-hybridized carbons (Fsp3) is 0.250. The molecule has 0 aliphatic heterocycles. The Morgan fingerprint density at radius 2 is 1.56 bits per heavy atom. The summed E-state index contributed by atoms with van der Waals surface area (Å²) < 4.78 is 46.5. The summed E-state index contributed by atoms with van der Waals surface area (Å²) in [5, 5.41) is 4.15. The molecule has 0 bridgehead atoms. The Labute approximate surface area is 252 Å². The monoisotopic (exact) mass is 604 g/mol. The summed E-state index contributed by atoms with van der Waals surface area (Å²) in [6, 6.07) is 18.9. The van der Waals surface area contributed by atoms with E-state index >= 15 is 0 Å². The number of carbonyl (C=O) groups excluding carboxylic acids is 1. The third-order valence-corrected chi connectivity index (χ3v) is 8.97. The number of methoxy groups -OCH3 is 3. The van der Waals surface area contributed by atoms with E-state index in [1.54, 1.807) is 30.5 Å². The molecule has 0 atom stereocenters. The second-order valence-electron chi connectivity index (χ2n) is 9.95. The highest BCUT2D eigenvalue weighted by atomic mass is 32.2. The first kappa shape index (κ1) is 31.2. The summed E-state index contributed by atoms with van der Waals surface area (Å²) in [5.41, 5.74) is 8.98. The van der Waals surface area contributed by atoms with Gasteiger partial charge in [0.05, 0.1) is 38.1 Å². The van der Waals surface area contributed by atoms with Crippen molar-refractivity contribution >= 4 is 27.8 Å². The SMILES string of the molecule is COc1ccc(N(CC(=O)N/N=C/c2cc(C)n(-c3ccc(C)c(C)c3)c2C)S(=O)(=O)c2ccc(OC)c(OC)c2)cc1. The minimum Gasteiger partial charge on any atom is -0.497 e. The van der Waals surface area contributed by atoms with Gasteiger partial charge in [0.1, 0.15) is 12.3 Å². The Kier molecular flexibility index (Phi) is 9.45. The third-order valence-electron chi connectivity index (χ3n) is 7.20. The number of nitrogens with one attached hydrogen (secondary N) is 1. The largest absolute Gasteiger partial charge is 0.497 e. The number of amides is 1. The van der Waals surface area contributed by atoms with E-state index in [1.165, 1.54) is 50.7 Å². The van der Waals surface area contributed by atoms with E-state index in [9.17, 15) is 13.2 Å². The number of anilines is 1. The topological polar surface area (TPSA) is 111 Å². The molecule has 4 aromatic rings. The summed E-state index contributed by atoms with van der Waals surface area (Å²) in [4.78, 5) is 13.0. The van der Waals surface area contributed by atoms with Crippen molar-refractivity contribution in [1.29, 1.82) is 0 Å². The first-order valence-corrected chi connectivity index (χ1v) is 14.9. The molecule has 0 radical (unpaired) electrons. The van der Waals surface area contributed by atoms with E-state index < -0.39 is 22.5 Å². The lowest BCUT2D eigenvalue weighted by Crippen LogP contribution is -2.39. The fourth-order valence-electron chi connectivity index (χ4n) is 4.69. The first-order chi connectivity index (χ1) is 20.5. The molecule has 226 valence electrons. The number of nitrogens with zero attached hydrogens (tertiary/aromatic N) is 3. The predicted octanol–water partition coefficient (Wildman–Crippen LogP) is 5.08. The van der Waals surface area contributed by atoms with Gasteiger partial charge in [-0.1, -0.05) is 6.07 Å². The zero-order valence-corrected chi connectivity index (χ0v) is 26.2. The van der Waals surface area contributed by atoms with Crippen LogP contribution in [0.15, 0.2) is 76.7 Å². The van der Waals surface area contributed by atoms with Gasteiger partial charge in [-0.05, 0) is 93.4 Å². The van der Waals surface area contributed by atoms with Crippen LogP contribution in [0.1, 0.15) is 28.1 Å². The smallest absolute Gasteiger partial charge is 0.264 e. The van der Waals surface area contributed by atoms with Crippen LogP contribution in [0.25, 0.3) is 5.69 Å². The van der Waals surface area contributed by atoms with Gasteiger partial charge in [-0.2, -0.15) is 5.10 Å². The van der Waals surface area contributed by atoms with Gasteiger partial charge in [0.2, 0.25) is 0 Å². The van der Waals surface area contributed by atoms with Crippen LogP contribution < -0.4 is 23.9 Å². The predicted molar refractivity (Wildman–Crippen MR) is 168 cm³/mol. The number of hydrazone groups is 1. The molecule has 3 aromatic carbocycles. The second-order valence-corrected chi connectivity index (χ2v) is 11.8. The summed E-state index contributed by atoms with van der Waals surface area (Å²) in [6.07, 6.45) is 1.55. The van der Waals surface area contributed by atoms with E-state index in [1.807, 2.05) is 19.9 Å². The second kappa shape index (κ2) is 13.0. The molecule has 0 spiro atoms. The Morgan fingerprint density at radius 1 is 0.860 bits per heavy atom. The van der Waals surface area contributed by atoms with Crippen molar-refractivity contribution in [3.63, 3.8) is 0 Å². The van der Waals surface area contributed by atoms with Crippen molar-refractivity contribution in [3.8, 4) is 22.9 Å². The number of rotatable bonds is 11. The molecule has 10 nitrogen and oxygen atoms in total. The minimum absolute atomic E-state index is 0.0731. The molecular weight excluding hydrogens is 568 g/mol. The Hall–Kier alpha value is -4.77. The van der Waals surface area contributed by atoms with Crippen LogP contribution in [-0.4, -0.2) is 53.0 Å². The van der Waals surface area contributed by atoms with Crippen LogP contribution >= 0.6 is 0 Å². The quantitative estimate of drug-likeness (QED) is 0.189. The first-order valence-electron chi connectivity index (χ1n) is 13.5. The highest BCUT2D eigenvalue weighted by Crippen LogP contribution is 2.32. The molecule has 1 heterocycles. The van der Waals surface area contributed by atoms with Crippen LogP contribution in [-0.2, 0) is 14.8 Å². The Balaban J connectivity index is 1.59. The molecule has 0 saturated heterocycles. The van der Waals surface area contributed by atoms with Gasteiger partial charge in [-0.15, -0.1) is 0 Å². The van der Waals surface area contributed by atoms with Crippen LogP contribution in [0, 0.1) is 27.7 Å². The number of benzene rings is 3. The number of hydrogen-bond acceptors (Lipinski definition) is 7. The number of carbonyl (C=O) groups is 1. The van der Waals surface area contributed by atoms with Gasteiger partial charge >= 0.3 is 0 Å². The molecule has 1 amide bonds. The standard InChI is InChI=1S/C32H36N4O6S/c1-21-8-9-27(16-22(21)2)36-23(3)17-25(24(36)4)19-33-34-32(37)20-35(26-10-12-28(40-5)13-11-26)43(38,39)29-14-15-30(41-6)31(18-29)42-7/h8-19H,20H2,1-7H3,(H,34,37)/b33-19+. The van der Waals surface area contributed by atoms with E-state index in [4.69, 9.17) is 14.2 Å². The van der Waals surface area contributed by atoms with Crippen molar-refractivity contribution in [2.24, 2.45) is 5.10 Å². The zero-order valence-electron chi connectivity index (χ0n) is 25.3. The molecule has 4 rings (SSSR count). The Morgan fingerprint density at radius 3 is 2.19 bits per heavy atom. The fourth-order valence-corrected chi connectivity index (χ4v) is 6.12. The molecule has 0 aliphatic carbocycles. The number of hydrogen-bond donors (Lipinski definition) is 1. The maximum Gasteiger partial charge on any atom is 0.264 e. The summed E-state index contributed by atoms with van der Waals surface area (Å²) in [5.74, 6) is 0.533. The van der Waals surface area contributed by atoms with Crippen LogP contribution in [0.5, 0.6) is 17.2 Å².